The first-order valence-electron chi connectivity index (χ1n) is 14.5. The Morgan fingerprint density at radius 1 is 1.09 bits per heavy atom. The molecule has 0 radical (unpaired) electrons. The van der Waals surface area contributed by atoms with Gasteiger partial charge in [0.2, 0.25) is 11.8 Å². The molecule has 1 unspecified atom stereocenters. The van der Waals surface area contributed by atoms with E-state index in [1.807, 2.05) is 44.2 Å². The fraction of sp³-hybridized carbons (Fsp3) is 0.242. The van der Waals surface area contributed by atoms with Gasteiger partial charge in [0.05, 0.1) is 17.1 Å². The highest BCUT2D eigenvalue weighted by atomic mass is 32.1. The van der Waals surface area contributed by atoms with Gasteiger partial charge in [-0.1, -0.05) is 69.3 Å². The fourth-order valence-corrected chi connectivity index (χ4v) is 5.57. The van der Waals surface area contributed by atoms with Gasteiger partial charge in [0.25, 0.3) is 0 Å². The minimum Gasteiger partial charge on any atom is -0.421 e. The van der Waals surface area contributed by atoms with Gasteiger partial charge < -0.3 is 15.4 Å². The fourth-order valence-electron chi connectivity index (χ4n) is 4.67. The zero-order valence-corrected chi connectivity index (χ0v) is 25.8. The maximum atomic E-state index is 15.1. The lowest BCUT2D eigenvalue weighted by Crippen LogP contribution is -2.41. The third-order valence-corrected chi connectivity index (χ3v) is 8.14. The van der Waals surface area contributed by atoms with Crippen molar-refractivity contribution < 1.29 is 27.1 Å². The topological polar surface area (TPSA) is 101 Å². The number of carbonyl (C=O) groups excluding carboxylic acids is 1. The van der Waals surface area contributed by atoms with E-state index in [9.17, 15) is 18.0 Å². The molecule has 1 atom stereocenters. The number of para-hydroxylation sites is 1. The number of thiazole rings is 1. The van der Waals surface area contributed by atoms with E-state index in [1.165, 1.54) is 18.5 Å². The molecular formula is C33H30F4N6O2S. The standard InChI is InChI=1S/C33H30F4N6O2S/c1-4-10-24(30(44)42-27-22(13-9-14-23(27)34)19(3)20-11-7-6-8-12-20)41-26-15-16-38-31(45-26)28-29(46-32(43-28)33(35,36)37)21-17-39-25(5-2)40-18-21/h6-9,11-15,17-18,24,41H,3-5,10,16H2,1-2H3,(H,42,44). The molecule has 13 heteroatoms. The van der Waals surface area contributed by atoms with Gasteiger partial charge in [0, 0.05) is 29.9 Å². The number of hydrogen-bond donors (Lipinski definition) is 2. The van der Waals surface area contributed by atoms with E-state index in [0.717, 1.165) is 5.56 Å². The highest BCUT2D eigenvalue weighted by Crippen LogP contribution is 2.39. The molecule has 5 rings (SSSR count). The first kappa shape index (κ1) is 32.5. The van der Waals surface area contributed by atoms with Gasteiger partial charge in [-0.25, -0.2) is 24.3 Å². The van der Waals surface area contributed by atoms with Crippen LogP contribution in [0.5, 0.6) is 0 Å². The molecule has 0 saturated heterocycles. The molecule has 238 valence electrons. The Bertz CT molecular complexity index is 1790. The average Bonchev–Trinajstić information content (AvgIpc) is 3.52. The van der Waals surface area contributed by atoms with Gasteiger partial charge >= 0.3 is 6.18 Å². The molecule has 4 aromatic rings. The normalized spacial score (nSPS) is 13.7. The molecule has 1 aliphatic heterocycles. The predicted octanol–water partition coefficient (Wildman–Crippen LogP) is 7.40. The Morgan fingerprint density at radius 3 is 2.50 bits per heavy atom. The van der Waals surface area contributed by atoms with E-state index in [1.54, 1.807) is 18.2 Å². The van der Waals surface area contributed by atoms with E-state index in [4.69, 9.17) is 4.74 Å². The van der Waals surface area contributed by atoms with E-state index in [-0.39, 0.29) is 34.6 Å². The maximum Gasteiger partial charge on any atom is 0.443 e. The SMILES string of the molecule is C=C(c1ccccc1)c1cccc(F)c1NC(=O)C(CCC)NC1=CCN=C(c2nc(C(F)(F)F)sc2-c2cnc(CC)nc2)O1. The molecule has 2 aromatic carbocycles. The number of alkyl halides is 3. The van der Waals surface area contributed by atoms with E-state index in [0.29, 0.717) is 53.1 Å². The Morgan fingerprint density at radius 2 is 1.83 bits per heavy atom. The number of ether oxygens (including phenoxy) is 1. The molecule has 8 nitrogen and oxygen atoms in total. The summed E-state index contributed by atoms with van der Waals surface area (Å²) >= 11 is 0.436. The van der Waals surface area contributed by atoms with Crippen LogP contribution in [0.4, 0.5) is 23.2 Å². The van der Waals surface area contributed by atoms with Crippen LogP contribution in [0.15, 0.2) is 84.5 Å². The molecule has 0 saturated carbocycles. The van der Waals surface area contributed by atoms with Crippen LogP contribution in [0.25, 0.3) is 16.0 Å². The van der Waals surface area contributed by atoms with Gasteiger partial charge in [0.15, 0.2) is 10.9 Å². The lowest BCUT2D eigenvalue weighted by molar-refractivity contribution is -0.137. The number of aliphatic imine (C=N–C) groups is 1. The number of aromatic nitrogens is 3. The van der Waals surface area contributed by atoms with E-state index < -0.39 is 29.0 Å². The number of benzene rings is 2. The van der Waals surface area contributed by atoms with Gasteiger partial charge in [0.1, 0.15) is 23.4 Å². The number of nitrogens with one attached hydrogen (secondary N) is 2. The van der Waals surface area contributed by atoms with Crippen LogP contribution in [-0.2, 0) is 22.1 Å². The Balaban J connectivity index is 1.37. The zero-order chi connectivity index (χ0) is 32.8. The smallest absolute Gasteiger partial charge is 0.421 e. The summed E-state index contributed by atoms with van der Waals surface area (Å²) in [6.45, 7) is 7.91. The lowest BCUT2D eigenvalue weighted by atomic mass is 9.97. The lowest BCUT2D eigenvalue weighted by Gasteiger charge is -2.24. The number of carbonyl (C=O) groups is 1. The number of halogens is 4. The molecule has 0 fully saturated rings. The molecule has 3 heterocycles. The third kappa shape index (κ3) is 7.31. The summed E-state index contributed by atoms with van der Waals surface area (Å²) in [7, 11) is 0. The van der Waals surface area contributed by atoms with Gasteiger partial charge in [-0.3, -0.25) is 4.79 Å². The summed E-state index contributed by atoms with van der Waals surface area (Å²) in [5, 5.41) is 4.65. The highest BCUT2D eigenvalue weighted by Gasteiger charge is 2.38. The predicted molar refractivity (Wildman–Crippen MR) is 170 cm³/mol. The summed E-state index contributed by atoms with van der Waals surface area (Å²) in [5.74, 6) is -0.681. The van der Waals surface area contributed by atoms with Crippen molar-refractivity contribution in [3.63, 3.8) is 0 Å². The first-order valence-corrected chi connectivity index (χ1v) is 15.3. The second-order valence-electron chi connectivity index (χ2n) is 10.2. The molecule has 2 aromatic heterocycles. The van der Waals surface area contributed by atoms with Crippen molar-refractivity contribution in [2.75, 3.05) is 11.9 Å². The molecule has 46 heavy (non-hydrogen) atoms. The molecular weight excluding hydrogens is 620 g/mol. The second-order valence-corrected chi connectivity index (χ2v) is 11.2. The van der Waals surface area contributed by atoms with Crippen molar-refractivity contribution >= 4 is 34.4 Å². The van der Waals surface area contributed by atoms with Gasteiger partial charge in [-0.05, 0) is 29.7 Å². The number of rotatable bonds is 11. The van der Waals surface area contributed by atoms with Crippen molar-refractivity contribution in [1.82, 2.24) is 20.3 Å². The Hall–Kier alpha value is -4.91. The van der Waals surface area contributed by atoms with Crippen LogP contribution in [-0.4, -0.2) is 39.3 Å². The van der Waals surface area contributed by atoms with Crippen LogP contribution >= 0.6 is 11.3 Å². The molecule has 1 aliphatic rings. The monoisotopic (exact) mass is 650 g/mol. The number of nitrogens with zero attached hydrogens (tertiary/aromatic N) is 4. The minimum absolute atomic E-state index is 0.0202. The molecule has 0 aliphatic carbocycles. The van der Waals surface area contributed by atoms with Crippen LogP contribution in [0.1, 0.15) is 54.3 Å². The van der Waals surface area contributed by atoms with Crippen molar-refractivity contribution in [1.29, 1.82) is 0 Å². The zero-order valence-electron chi connectivity index (χ0n) is 25.0. The highest BCUT2D eigenvalue weighted by molar-refractivity contribution is 7.15. The number of anilines is 1. The first-order chi connectivity index (χ1) is 22.1. The Kier molecular flexibility index (Phi) is 9.90. The van der Waals surface area contributed by atoms with Crippen LogP contribution in [0, 0.1) is 5.82 Å². The van der Waals surface area contributed by atoms with Crippen LogP contribution in [0.3, 0.4) is 0 Å². The molecule has 0 bridgehead atoms. The average molecular weight is 651 g/mol. The van der Waals surface area contributed by atoms with Crippen LogP contribution in [0.2, 0.25) is 0 Å². The van der Waals surface area contributed by atoms with Crippen molar-refractivity contribution in [3.8, 4) is 10.4 Å². The third-order valence-electron chi connectivity index (χ3n) is 6.99. The van der Waals surface area contributed by atoms with Crippen molar-refractivity contribution in [2.24, 2.45) is 4.99 Å². The van der Waals surface area contributed by atoms with Crippen LogP contribution < -0.4 is 10.6 Å². The van der Waals surface area contributed by atoms with E-state index >= 15 is 4.39 Å². The maximum absolute atomic E-state index is 15.1. The summed E-state index contributed by atoms with van der Waals surface area (Å²) in [4.78, 5) is 30.2. The van der Waals surface area contributed by atoms with Gasteiger partial charge in [-0.2, -0.15) is 13.2 Å². The summed E-state index contributed by atoms with van der Waals surface area (Å²) in [6.07, 6.45) is 1.21. The minimum atomic E-state index is -4.70. The second kappa shape index (κ2) is 14.0. The summed E-state index contributed by atoms with van der Waals surface area (Å²) in [6, 6.07) is 12.8. The largest absolute Gasteiger partial charge is 0.443 e. The van der Waals surface area contributed by atoms with Crippen molar-refractivity contribution in [3.05, 3.63) is 113 Å². The number of amides is 1. The van der Waals surface area contributed by atoms with E-state index in [2.05, 4.69) is 37.2 Å². The van der Waals surface area contributed by atoms with Gasteiger partial charge in [-0.15, -0.1) is 11.3 Å². The number of hydrogen-bond acceptors (Lipinski definition) is 8. The van der Waals surface area contributed by atoms with Crippen molar-refractivity contribution in [2.45, 2.75) is 45.3 Å². The Labute approximate surface area is 267 Å². The quantitative estimate of drug-likeness (QED) is 0.164. The number of aryl methyl sites for hydroxylation is 1. The molecule has 2 N–H and O–H groups in total. The molecule has 1 amide bonds. The summed E-state index contributed by atoms with van der Waals surface area (Å²) in [5.41, 5.74) is 1.91. The molecule has 0 spiro atoms. The summed E-state index contributed by atoms with van der Waals surface area (Å²) < 4.78 is 62.2.